The predicted octanol–water partition coefficient (Wildman–Crippen LogP) is 2.00. The van der Waals surface area contributed by atoms with Crippen molar-refractivity contribution in [2.75, 3.05) is 5.32 Å². The summed E-state index contributed by atoms with van der Waals surface area (Å²) in [5.41, 5.74) is 0.460. The highest BCUT2D eigenvalue weighted by Crippen LogP contribution is 2.25. The van der Waals surface area contributed by atoms with Crippen LogP contribution in [-0.2, 0) is 20.6 Å². The summed E-state index contributed by atoms with van der Waals surface area (Å²) in [7, 11) is 3.05. The van der Waals surface area contributed by atoms with Crippen molar-refractivity contribution in [2.45, 2.75) is 6.54 Å². The molecule has 7 heteroatoms. The van der Waals surface area contributed by atoms with Crippen molar-refractivity contribution in [1.82, 2.24) is 9.13 Å². The van der Waals surface area contributed by atoms with E-state index in [1.54, 1.807) is 25.2 Å². The van der Waals surface area contributed by atoms with Crippen molar-refractivity contribution < 1.29 is 0 Å². The molecule has 1 N–H and O–H groups in total. The molecule has 2 rings (SSSR count). The second-order valence-electron chi connectivity index (χ2n) is 4.39. The number of hydrogen-bond acceptors (Lipinski definition) is 3. The molecule has 0 atom stereocenters. The highest BCUT2D eigenvalue weighted by atomic mass is 35.5. The quantitative estimate of drug-likeness (QED) is 0.943. The molecule has 0 aliphatic carbocycles. The Morgan fingerprint density at radius 2 is 1.90 bits per heavy atom. The molecule has 1 aromatic heterocycles. The second kappa shape index (κ2) is 5.73. The number of anilines is 1. The number of benzene rings is 1. The SMILES string of the molecule is Cn1cc(CNc2ccc(Cl)cc2Cl)c(=O)n(C)c1=O. The minimum atomic E-state index is -0.358. The summed E-state index contributed by atoms with van der Waals surface area (Å²) in [6.45, 7) is 0.266. The Hall–Kier alpha value is -1.72. The average Bonchev–Trinajstić information content (AvgIpc) is 2.40. The van der Waals surface area contributed by atoms with Crippen LogP contribution in [0.1, 0.15) is 5.56 Å². The van der Waals surface area contributed by atoms with Crippen LogP contribution >= 0.6 is 23.2 Å². The van der Waals surface area contributed by atoms with Gasteiger partial charge in [0, 0.05) is 31.9 Å². The first-order chi connectivity index (χ1) is 9.40. The monoisotopic (exact) mass is 313 g/mol. The fourth-order valence-electron chi connectivity index (χ4n) is 1.83. The Kier molecular flexibility index (Phi) is 4.20. The van der Waals surface area contributed by atoms with Gasteiger partial charge in [0.05, 0.1) is 16.3 Å². The third-order valence-electron chi connectivity index (χ3n) is 2.92. The molecule has 0 aliphatic rings. The van der Waals surface area contributed by atoms with Gasteiger partial charge in [-0.15, -0.1) is 0 Å². The first-order valence-corrected chi connectivity index (χ1v) is 6.60. The van der Waals surface area contributed by atoms with Gasteiger partial charge in [-0.3, -0.25) is 9.36 Å². The zero-order valence-corrected chi connectivity index (χ0v) is 12.5. The molecular weight excluding hydrogens is 301 g/mol. The van der Waals surface area contributed by atoms with E-state index >= 15 is 0 Å². The van der Waals surface area contributed by atoms with Gasteiger partial charge < -0.3 is 9.88 Å². The molecule has 0 saturated carbocycles. The molecule has 1 heterocycles. The average molecular weight is 314 g/mol. The van der Waals surface area contributed by atoms with Crippen LogP contribution in [0.25, 0.3) is 0 Å². The third-order valence-corrected chi connectivity index (χ3v) is 3.47. The smallest absolute Gasteiger partial charge is 0.330 e. The van der Waals surface area contributed by atoms with E-state index < -0.39 is 0 Å². The van der Waals surface area contributed by atoms with Crippen LogP contribution < -0.4 is 16.6 Å². The zero-order chi connectivity index (χ0) is 14.9. The van der Waals surface area contributed by atoms with Crippen molar-refractivity contribution in [3.63, 3.8) is 0 Å². The lowest BCUT2D eigenvalue weighted by Crippen LogP contribution is -2.38. The van der Waals surface area contributed by atoms with E-state index in [1.807, 2.05) is 0 Å². The van der Waals surface area contributed by atoms with Crippen molar-refractivity contribution in [1.29, 1.82) is 0 Å². The van der Waals surface area contributed by atoms with Crippen LogP contribution in [0.15, 0.2) is 34.0 Å². The molecule has 0 aliphatic heterocycles. The largest absolute Gasteiger partial charge is 0.379 e. The van der Waals surface area contributed by atoms with Crippen LogP contribution in [0, 0.1) is 0 Å². The Bertz CT molecular complexity index is 765. The molecule has 0 fully saturated rings. The predicted molar refractivity (Wildman–Crippen MR) is 80.7 cm³/mol. The number of hydrogen-bond donors (Lipinski definition) is 1. The van der Waals surface area contributed by atoms with E-state index in [9.17, 15) is 9.59 Å². The molecule has 1 aromatic carbocycles. The maximum absolute atomic E-state index is 12.0. The lowest BCUT2D eigenvalue weighted by atomic mass is 10.3. The van der Waals surface area contributed by atoms with Crippen molar-refractivity contribution >= 4 is 28.9 Å². The van der Waals surface area contributed by atoms with E-state index in [0.717, 1.165) is 4.57 Å². The Balaban J connectivity index is 2.28. The lowest BCUT2D eigenvalue weighted by molar-refractivity contribution is 0.671. The van der Waals surface area contributed by atoms with Crippen LogP contribution in [-0.4, -0.2) is 9.13 Å². The van der Waals surface area contributed by atoms with Crippen molar-refractivity contribution in [3.8, 4) is 0 Å². The molecule has 0 radical (unpaired) electrons. The summed E-state index contributed by atoms with van der Waals surface area (Å²) >= 11 is 11.9. The standard InChI is InChI=1S/C13H13Cl2N3O2/c1-17-7-8(12(19)18(2)13(17)20)6-16-11-4-3-9(14)5-10(11)15/h3-5,7,16H,6H2,1-2H3. The summed E-state index contributed by atoms with van der Waals surface area (Å²) in [5.74, 6) is 0. The zero-order valence-electron chi connectivity index (χ0n) is 11.0. The number of aromatic nitrogens is 2. The van der Waals surface area contributed by atoms with Crippen LogP contribution in [0.2, 0.25) is 10.0 Å². The first-order valence-electron chi connectivity index (χ1n) is 5.84. The fraction of sp³-hybridized carbons (Fsp3) is 0.231. The normalized spacial score (nSPS) is 10.6. The summed E-state index contributed by atoms with van der Waals surface area (Å²) in [4.78, 5) is 23.5. The van der Waals surface area contributed by atoms with Gasteiger partial charge in [-0.1, -0.05) is 23.2 Å². The van der Waals surface area contributed by atoms with Gasteiger partial charge in [0.2, 0.25) is 0 Å². The van der Waals surface area contributed by atoms with Crippen LogP contribution in [0.4, 0.5) is 5.69 Å². The van der Waals surface area contributed by atoms with Gasteiger partial charge in [-0.25, -0.2) is 4.79 Å². The number of nitrogens with one attached hydrogen (secondary N) is 1. The number of aryl methyl sites for hydroxylation is 1. The van der Waals surface area contributed by atoms with Crippen molar-refractivity contribution in [3.05, 3.63) is 60.8 Å². The minimum Gasteiger partial charge on any atom is -0.379 e. The molecular formula is C13H13Cl2N3O2. The van der Waals surface area contributed by atoms with E-state index in [0.29, 0.717) is 21.3 Å². The third kappa shape index (κ3) is 2.89. The first kappa shape index (κ1) is 14.7. The summed E-state index contributed by atoms with van der Waals surface area (Å²) < 4.78 is 2.43. The minimum absolute atomic E-state index is 0.266. The van der Waals surface area contributed by atoms with Gasteiger partial charge in [0.15, 0.2) is 0 Å². The van der Waals surface area contributed by atoms with Gasteiger partial charge in [-0.05, 0) is 18.2 Å². The molecule has 2 aromatic rings. The van der Waals surface area contributed by atoms with E-state index in [-0.39, 0.29) is 17.8 Å². The highest BCUT2D eigenvalue weighted by Gasteiger charge is 2.07. The van der Waals surface area contributed by atoms with Crippen LogP contribution in [0.5, 0.6) is 0 Å². The maximum Gasteiger partial charge on any atom is 0.330 e. The maximum atomic E-state index is 12.0. The van der Waals surface area contributed by atoms with Crippen molar-refractivity contribution in [2.24, 2.45) is 14.1 Å². The number of nitrogens with zero attached hydrogens (tertiary/aromatic N) is 2. The van der Waals surface area contributed by atoms with Gasteiger partial charge in [0.25, 0.3) is 5.56 Å². The van der Waals surface area contributed by atoms with E-state index in [2.05, 4.69) is 5.32 Å². The molecule has 106 valence electrons. The van der Waals surface area contributed by atoms with Gasteiger partial charge >= 0.3 is 5.69 Å². The molecule has 5 nitrogen and oxygen atoms in total. The molecule has 20 heavy (non-hydrogen) atoms. The topological polar surface area (TPSA) is 56.0 Å². The molecule has 0 unspecified atom stereocenters. The van der Waals surface area contributed by atoms with E-state index in [1.165, 1.54) is 17.8 Å². The number of rotatable bonds is 3. The van der Waals surface area contributed by atoms with Gasteiger partial charge in [-0.2, -0.15) is 0 Å². The van der Waals surface area contributed by atoms with E-state index in [4.69, 9.17) is 23.2 Å². The second-order valence-corrected chi connectivity index (χ2v) is 5.23. The Morgan fingerprint density at radius 3 is 2.55 bits per heavy atom. The Morgan fingerprint density at radius 1 is 1.20 bits per heavy atom. The molecule has 0 bridgehead atoms. The Labute approximate surface area is 125 Å². The lowest BCUT2D eigenvalue weighted by Gasteiger charge is -2.10. The highest BCUT2D eigenvalue weighted by molar-refractivity contribution is 6.36. The molecule has 0 spiro atoms. The summed E-state index contributed by atoms with van der Waals surface area (Å²) in [6, 6.07) is 5.05. The molecule has 0 saturated heterocycles. The molecule has 0 amide bonds. The summed E-state index contributed by atoms with van der Waals surface area (Å²) in [6.07, 6.45) is 1.52. The fourth-order valence-corrected chi connectivity index (χ4v) is 2.30. The number of halogens is 2. The summed E-state index contributed by atoms with van der Waals surface area (Å²) in [5, 5.41) is 4.06. The van der Waals surface area contributed by atoms with Gasteiger partial charge in [0.1, 0.15) is 0 Å². The van der Waals surface area contributed by atoms with Crippen LogP contribution in [0.3, 0.4) is 0 Å².